The van der Waals surface area contributed by atoms with E-state index in [1.807, 2.05) is 0 Å². The molecule has 0 saturated carbocycles. The third-order valence-corrected chi connectivity index (χ3v) is 5.18. The van der Waals surface area contributed by atoms with Crippen LogP contribution < -0.4 is 29.6 Å². The van der Waals surface area contributed by atoms with Crippen LogP contribution in [0.2, 0.25) is 0 Å². The predicted molar refractivity (Wildman–Crippen MR) is 81.6 cm³/mol. The fraction of sp³-hybridized carbons (Fsp3) is 1.00. The first-order valence-corrected chi connectivity index (χ1v) is 9.55. The summed E-state index contributed by atoms with van der Waals surface area (Å²) in [4.78, 5) is 0. The first kappa shape index (κ1) is 24.1. The Morgan fingerprint density at radius 1 is 0.857 bits per heavy atom. The predicted octanol–water partition coefficient (Wildman–Crippen LogP) is 0.598. The molecule has 1 N–H and O–H groups in total. The summed E-state index contributed by atoms with van der Waals surface area (Å²) in [6, 6.07) is 0. The number of aliphatic hydroxyl groups excluding tert-OH is 1. The number of hydrogen-bond acceptors (Lipinski definition) is 4. The van der Waals surface area contributed by atoms with Gasteiger partial charge in [0, 0.05) is 11.9 Å². The van der Waals surface area contributed by atoms with E-state index in [4.69, 9.17) is 5.11 Å². The zero-order valence-corrected chi connectivity index (χ0v) is 16.7. The topological polar surface area (TPSA) is 77.4 Å². The summed E-state index contributed by atoms with van der Waals surface area (Å²) in [6.45, 7) is 2.06. The Balaban J connectivity index is 0. The van der Waals surface area contributed by atoms with Gasteiger partial charge in [-0.05, 0) is 19.3 Å². The molecule has 0 aromatic carbocycles. The molecule has 0 aliphatic rings. The average Bonchev–Trinajstić information content (AvgIpc) is 2.38. The van der Waals surface area contributed by atoms with Gasteiger partial charge in [0.25, 0.3) is 0 Å². The van der Waals surface area contributed by atoms with Crippen LogP contribution in [0.3, 0.4) is 0 Å². The van der Waals surface area contributed by atoms with E-state index >= 15 is 0 Å². The van der Waals surface area contributed by atoms with Crippen LogP contribution in [0.1, 0.15) is 84.0 Å². The van der Waals surface area contributed by atoms with Crippen molar-refractivity contribution in [2.24, 2.45) is 0 Å². The fourth-order valence-corrected chi connectivity index (χ4v) is 3.31. The second kappa shape index (κ2) is 15.8. The zero-order valence-electron chi connectivity index (χ0n) is 13.8. The fourth-order valence-electron chi connectivity index (χ4n) is 2.45. The molecule has 0 aromatic rings. The van der Waals surface area contributed by atoms with E-state index in [-0.39, 0.29) is 29.6 Å². The molecule has 0 spiro atoms. The minimum atomic E-state index is -4.10. The van der Waals surface area contributed by atoms with Gasteiger partial charge >= 0.3 is 29.6 Å². The summed E-state index contributed by atoms with van der Waals surface area (Å²) in [5.41, 5.74) is 0. The van der Waals surface area contributed by atoms with Crippen molar-refractivity contribution in [1.29, 1.82) is 0 Å². The van der Waals surface area contributed by atoms with Crippen LogP contribution >= 0.6 is 0 Å². The maximum Gasteiger partial charge on any atom is 1.00 e. The largest absolute Gasteiger partial charge is 1.00 e. The van der Waals surface area contributed by atoms with Gasteiger partial charge in [0.1, 0.15) is 0 Å². The van der Waals surface area contributed by atoms with E-state index in [0.29, 0.717) is 19.4 Å². The van der Waals surface area contributed by atoms with Crippen LogP contribution in [0.25, 0.3) is 0 Å². The first-order valence-electron chi connectivity index (χ1n) is 8.08. The van der Waals surface area contributed by atoms with E-state index in [1.54, 1.807) is 6.92 Å². The van der Waals surface area contributed by atoms with Crippen molar-refractivity contribution in [2.75, 3.05) is 6.61 Å². The molecular formula is C15H31NaO4S. The average molecular weight is 330 g/mol. The second-order valence-electron chi connectivity index (χ2n) is 5.57. The Labute approximate surface area is 153 Å². The summed E-state index contributed by atoms with van der Waals surface area (Å²) < 4.78 is 32.7. The van der Waals surface area contributed by atoms with Gasteiger partial charge in [-0.1, -0.05) is 64.7 Å². The molecule has 0 fully saturated rings. The standard InChI is InChI=1S/C15H32O4S.Na/c1-2-15(20(17,18)19)13-11-9-7-5-3-4-6-8-10-12-14-16;/h15-16H,2-14H2,1H3,(H,17,18,19);/q;+1/p-1. The number of unbranched alkanes of at least 4 members (excludes halogenated alkanes) is 9. The summed E-state index contributed by atoms with van der Waals surface area (Å²) in [7, 11) is -4.10. The van der Waals surface area contributed by atoms with E-state index in [9.17, 15) is 13.0 Å². The maximum atomic E-state index is 10.9. The van der Waals surface area contributed by atoms with E-state index in [2.05, 4.69) is 0 Å². The zero-order chi connectivity index (χ0) is 15.3. The molecule has 0 aliphatic carbocycles. The van der Waals surface area contributed by atoms with Crippen LogP contribution in [0, 0.1) is 0 Å². The number of aliphatic hydroxyl groups is 1. The molecule has 0 aromatic heterocycles. The summed E-state index contributed by atoms with van der Waals surface area (Å²) in [6.07, 6.45) is 12.1. The molecule has 4 nitrogen and oxygen atoms in total. The van der Waals surface area contributed by atoms with Crippen LogP contribution in [-0.2, 0) is 10.1 Å². The summed E-state index contributed by atoms with van der Waals surface area (Å²) in [5.74, 6) is 0. The molecule has 21 heavy (non-hydrogen) atoms. The van der Waals surface area contributed by atoms with Crippen molar-refractivity contribution in [3.05, 3.63) is 0 Å². The van der Waals surface area contributed by atoms with Crippen molar-refractivity contribution in [1.82, 2.24) is 0 Å². The van der Waals surface area contributed by atoms with Gasteiger partial charge < -0.3 is 9.66 Å². The molecule has 122 valence electrons. The Bertz CT molecular complexity index is 307. The Morgan fingerprint density at radius 3 is 1.57 bits per heavy atom. The Morgan fingerprint density at radius 2 is 1.24 bits per heavy atom. The van der Waals surface area contributed by atoms with Crippen LogP contribution in [0.4, 0.5) is 0 Å². The number of rotatable bonds is 14. The SMILES string of the molecule is CCC(CCCCCCCCCCCCO)S(=O)(=O)[O-].[Na+]. The molecule has 0 rings (SSSR count). The van der Waals surface area contributed by atoms with Crippen molar-refractivity contribution in [3.63, 3.8) is 0 Å². The normalized spacial score (nSPS) is 12.9. The third kappa shape index (κ3) is 15.5. The van der Waals surface area contributed by atoms with Gasteiger partial charge in [0.15, 0.2) is 0 Å². The summed E-state index contributed by atoms with van der Waals surface area (Å²) in [5, 5.41) is 7.95. The molecule has 1 atom stereocenters. The van der Waals surface area contributed by atoms with Gasteiger partial charge in [-0.25, -0.2) is 8.42 Å². The second-order valence-corrected chi connectivity index (χ2v) is 7.22. The van der Waals surface area contributed by atoms with Crippen LogP contribution in [-0.4, -0.2) is 29.9 Å². The molecule has 0 saturated heterocycles. The Hall–Kier alpha value is 0.870. The van der Waals surface area contributed by atoms with Gasteiger partial charge in [0.2, 0.25) is 0 Å². The minimum Gasteiger partial charge on any atom is -0.748 e. The molecule has 0 aliphatic heterocycles. The third-order valence-electron chi connectivity index (χ3n) is 3.80. The van der Waals surface area contributed by atoms with Gasteiger partial charge in [0.05, 0.1) is 10.1 Å². The molecule has 6 heteroatoms. The quantitative estimate of drug-likeness (QED) is 0.287. The monoisotopic (exact) mass is 330 g/mol. The Kier molecular flexibility index (Phi) is 18.1. The molecule has 0 radical (unpaired) electrons. The molecule has 0 amide bonds. The van der Waals surface area contributed by atoms with E-state index in [0.717, 1.165) is 32.1 Å². The molecule has 0 heterocycles. The van der Waals surface area contributed by atoms with Crippen LogP contribution in [0.5, 0.6) is 0 Å². The van der Waals surface area contributed by atoms with Crippen molar-refractivity contribution < 1.29 is 47.6 Å². The first-order chi connectivity index (χ1) is 9.52. The molecule has 0 bridgehead atoms. The van der Waals surface area contributed by atoms with Gasteiger partial charge in [-0.3, -0.25) is 0 Å². The minimum absolute atomic E-state index is 0. The van der Waals surface area contributed by atoms with Crippen molar-refractivity contribution in [3.8, 4) is 0 Å². The smallest absolute Gasteiger partial charge is 0.748 e. The van der Waals surface area contributed by atoms with Crippen LogP contribution in [0.15, 0.2) is 0 Å². The molecular weight excluding hydrogens is 299 g/mol. The van der Waals surface area contributed by atoms with Gasteiger partial charge in [-0.2, -0.15) is 0 Å². The molecule has 1 unspecified atom stereocenters. The summed E-state index contributed by atoms with van der Waals surface area (Å²) >= 11 is 0. The number of hydrogen-bond donors (Lipinski definition) is 1. The maximum absolute atomic E-state index is 10.9. The van der Waals surface area contributed by atoms with Gasteiger partial charge in [-0.15, -0.1) is 0 Å². The van der Waals surface area contributed by atoms with E-state index in [1.165, 1.54) is 32.1 Å². The van der Waals surface area contributed by atoms with Crippen molar-refractivity contribution in [2.45, 2.75) is 89.2 Å². The van der Waals surface area contributed by atoms with E-state index < -0.39 is 15.4 Å². The van der Waals surface area contributed by atoms with Crippen molar-refractivity contribution >= 4 is 10.1 Å².